The second kappa shape index (κ2) is 8.25. The number of hydrogen-bond donors (Lipinski definition) is 2. The molecule has 0 amide bonds. The quantitative estimate of drug-likeness (QED) is 0.445. The molecule has 1 unspecified atom stereocenters. The van der Waals surface area contributed by atoms with Crippen molar-refractivity contribution in [1.82, 2.24) is 4.31 Å². The van der Waals surface area contributed by atoms with Gasteiger partial charge in [0.1, 0.15) is 17.8 Å². The lowest BCUT2D eigenvalue weighted by atomic mass is 10.2. The van der Waals surface area contributed by atoms with E-state index in [0.29, 0.717) is 22.7 Å². The van der Waals surface area contributed by atoms with Gasteiger partial charge in [0.25, 0.3) is 0 Å². The van der Waals surface area contributed by atoms with E-state index in [0.717, 1.165) is 16.4 Å². The van der Waals surface area contributed by atoms with Crippen LogP contribution in [-0.4, -0.2) is 31.6 Å². The lowest BCUT2D eigenvalue weighted by molar-refractivity contribution is -0.110. The molecule has 0 bridgehead atoms. The monoisotopic (exact) mass is 525 g/mol. The molecule has 0 radical (unpaired) electrons. The zero-order valence-electron chi connectivity index (χ0n) is 14.3. The molecule has 11 heteroatoms. The van der Waals surface area contributed by atoms with Crippen molar-refractivity contribution in [3.8, 4) is 0 Å². The first-order chi connectivity index (χ1) is 13.2. The normalized spacial score (nSPS) is 17.5. The standard InChI is InChI=1S/C17H15F3IN3O3S/c18-12-4-6-15(23-28(26,27)24-7-1-2-11(24)9-25)17(16(12)20)22-14-5-3-10(21)8-13(14)19/h3-6,8-9,11,22-23H,1-2,7H2. The third-order valence-corrected chi connectivity index (χ3v) is 6.46. The number of aldehydes is 1. The van der Waals surface area contributed by atoms with Crippen molar-refractivity contribution in [1.29, 1.82) is 0 Å². The van der Waals surface area contributed by atoms with E-state index in [2.05, 4.69) is 10.0 Å². The topological polar surface area (TPSA) is 78.5 Å². The number of benzene rings is 2. The maximum Gasteiger partial charge on any atom is 0.302 e. The third-order valence-electron chi connectivity index (χ3n) is 4.24. The summed E-state index contributed by atoms with van der Waals surface area (Å²) in [5, 5.41) is 2.41. The van der Waals surface area contributed by atoms with E-state index in [1.807, 2.05) is 22.6 Å². The minimum absolute atomic E-state index is 0.122. The van der Waals surface area contributed by atoms with Gasteiger partial charge in [-0.1, -0.05) is 0 Å². The molecule has 1 aliphatic rings. The molecule has 2 aromatic rings. The molecule has 3 rings (SSSR count). The SMILES string of the molecule is O=CC1CCCN1S(=O)(=O)Nc1ccc(F)c(F)c1Nc1ccc(I)cc1F. The van der Waals surface area contributed by atoms with Crippen LogP contribution in [0.25, 0.3) is 0 Å². The molecule has 1 saturated heterocycles. The summed E-state index contributed by atoms with van der Waals surface area (Å²) in [4.78, 5) is 11.1. The first kappa shape index (κ1) is 20.9. The second-order valence-electron chi connectivity index (χ2n) is 6.10. The number of nitrogens with zero attached hydrogens (tertiary/aromatic N) is 1. The highest BCUT2D eigenvalue weighted by Gasteiger charge is 2.34. The van der Waals surface area contributed by atoms with Crippen LogP contribution in [-0.2, 0) is 15.0 Å². The van der Waals surface area contributed by atoms with Gasteiger partial charge in [-0.3, -0.25) is 4.72 Å². The van der Waals surface area contributed by atoms with Crippen LogP contribution in [0.3, 0.4) is 0 Å². The highest BCUT2D eigenvalue weighted by Crippen LogP contribution is 2.33. The first-order valence-corrected chi connectivity index (χ1v) is 10.7. The van der Waals surface area contributed by atoms with Crippen molar-refractivity contribution in [2.45, 2.75) is 18.9 Å². The van der Waals surface area contributed by atoms with Crippen molar-refractivity contribution in [3.05, 3.63) is 51.4 Å². The Morgan fingerprint density at radius 2 is 1.82 bits per heavy atom. The zero-order chi connectivity index (χ0) is 20.5. The Morgan fingerprint density at radius 3 is 2.50 bits per heavy atom. The molecule has 0 aromatic heterocycles. The van der Waals surface area contributed by atoms with E-state index >= 15 is 0 Å². The Bertz CT molecular complexity index is 1020. The van der Waals surface area contributed by atoms with Crippen LogP contribution in [0.2, 0.25) is 0 Å². The predicted octanol–water partition coefficient (Wildman–Crippen LogP) is 3.77. The fourth-order valence-electron chi connectivity index (χ4n) is 2.88. The van der Waals surface area contributed by atoms with Crippen LogP contribution in [0.1, 0.15) is 12.8 Å². The van der Waals surface area contributed by atoms with Gasteiger partial charge in [0.15, 0.2) is 11.6 Å². The Labute approximate surface area is 173 Å². The summed E-state index contributed by atoms with van der Waals surface area (Å²) in [5.74, 6) is -3.32. The molecule has 0 saturated carbocycles. The largest absolute Gasteiger partial charge is 0.349 e. The number of anilines is 3. The molecule has 0 spiro atoms. The molecule has 1 aliphatic heterocycles. The van der Waals surface area contributed by atoms with E-state index in [4.69, 9.17) is 0 Å². The summed E-state index contributed by atoms with van der Waals surface area (Å²) in [7, 11) is -4.21. The van der Waals surface area contributed by atoms with E-state index in [-0.39, 0.29) is 17.9 Å². The lowest BCUT2D eigenvalue weighted by Gasteiger charge is -2.22. The predicted molar refractivity (Wildman–Crippen MR) is 107 cm³/mol. The van der Waals surface area contributed by atoms with Crippen molar-refractivity contribution in [3.63, 3.8) is 0 Å². The molecular formula is C17H15F3IN3O3S. The number of nitrogens with one attached hydrogen (secondary N) is 2. The van der Waals surface area contributed by atoms with E-state index in [9.17, 15) is 26.4 Å². The summed E-state index contributed by atoms with van der Waals surface area (Å²) in [6.07, 6.45) is 1.40. The van der Waals surface area contributed by atoms with Gasteiger partial charge >= 0.3 is 10.2 Å². The molecule has 6 nitrogen and oxygen atoms in total. The highest BCUT2D eigenvalue weighted by molar-refractivity contribution is 14.1. The molecule has 1 heterocycles. The number of carbonyl (C=O) groups excluding carboxylic acids is 1. The van der Waals surface area contributed by atoms with E-state index in [1.165, 1.54) is 12.1 Å². The summed E-state index contributed by atoms with van der Waals surface area (Å²) < 4.78 is 71.2. The van der Waals surface area contributed by atoms with E-state index < -0.39 is 39.4 Å². The fraction of sp³-hybridized carbons (Fsp3) is 0.235. The van der Waals surface area contributed by atoms with Gasteiger partial charge in [-0.25, -0.2) is 13.2 Å². The molecular weight excluding hydrogens is 510 g/mol. The Kier molecular flexibility index (Phi) is 6.15. The van der Waals surface area contributed by atoms with Crippen molar-refractivity contribution >= 4 is 56.1 Å². The molecule has 2 aromatic carbocycles. The van der Waals surface area contributed by atoms with Crippen LogP contribution >= 0.6 is 22.6 Å². The molecule has 1 atom stereocenters. The summed E-state index contributed by atoms with van der Waals surface area (Å²) in [6, 6.07) is 5.00. The van der Waals surface area contributed by atoms with Crippen molar-refractivity contribution in [2.75, 3.05) is 16.6 Å². The number of hydrogen-bond acceptors (Lipinski definition) is 4. The van der Waals surface area contributed by atoms with Gasteiger partial charge in [0.05, 0.1) is 17.4 Å². The maximum atomic E-state index is 14.4. The van der Waals surface area contributed by atoms with Crippen LogP contribution in [0.15, 0.2) is 30.3 Å². The highest BCUT2D eigenvalue weighted by atomic mass is 127. The Morgan fingerprint density at radius 1 is 1.11 bits per heavy atom. The summed E-state index contributed by atoms with van der Waals surface area (Å²) in [5.41, 5.74) is -1.03. The molecule has 0 aliphatic carbocycles. The third kappa shape index (κ3) is 4.25. The van der Waals surface area contributed by atoms with Crippen LogP contribution in [0, 0.1) is 21.0 Å². The summed E-state index contributed by atoms with van der Waals surface area (Å²) in [6.45, 7) is 0.122. The molecule has 2 N–H and O–H groups in total. The Hall–Kier alpha value is -1.86. The fourth-order valence-corrected chi connectivity index (χ4v) is 4.78. The smallest absolute Gasteiger partial charge is 0.302 e. The average Bonchev–Trinajstić information content (AvgIpc) is 3.13. The minimum Gasteiger partial charge on any atom is -0.349 e. The number of halogens is 4. The molecule has 28 heavy (non-hydrogen) atoms. The van der Waals surface area contributed by atoms with Gasteiger partial charge in [0, 0.05) is 10.1 Å². The van der Waals surface area contributed by atoms with Gasteiger partial charge in [-0.2, -0.15) is 12.7 Å². The van der Waals surface area contributed by atoms with Crippen molar-refractivity contribution < 1.29 is 26.4 Å². The van der Waals surface area contributed by atoms with Crippen LogP contribution in [0.4, 0.5) is 30.2 Å². The van der Waals surface area contributed by atoms with Gasteiger partial charge in [0.2, 0.25) is 0 Å². The van der Waals surface area contributed by atoms with Gasteiger partial charge < -0.3 is 10.1 Å². The van der Waals surface area contributed by atoms with Gasteiger partial charge in [-0.15, -0.1) is 0 Å². The minimum atomic E-state index is -4.21. The molecule has 150 valence electrons. The van der Waals surface area contributed by atoms with Crippen LogP contribution < -0.4 is 10.0 Å². The zero-order valence-corrected chi connectivity index (χ0v) is 17.2. The Balaban J connectivity index is 1.98. The van der Waals surface area contributed by atoms with Gasteiger partial charge in [-0.05, 0) is 65.8 Å². The molecule has 1 fully saturated rings. The van der Waals surface area contributed by atoms with E-state index in [1.54, 1.807) is 6.07 Å². The van der Waals surface area contributed by atoms with Crippen molar-refractivity contribution in [2.24, 2.45) is 0 Å². The maximum absolute atomic E-state index is 14.4. The second-order valence-corrected chi connectivity index (χ2v) is 8.97. The average molecular weight is 525 g/mol. The van der Waals surface area contributed by atoms with Crippen LogP contribution in [0.5, 0.6) is 0 Å². The number of carbonyl (C=O) groups is 1. The summed E-state index contributed by atoms with van der Waals surface area (Å²) >= 11 is 1.89. The lowest BCUT2D eigenvalue weighted by Crippen LogP contribution is -2.40. The first-order valence-electron chi connectivity index (χ1n) is 8.18. The number of rotatable bonds is 6.